The topological polar surface area (TPSA) is 63.3 Å². The molecule has 8 heteroatoms. The highest BCUT2D eigenvalue weighted by Gasteiger charge is 2.30. The van der Waals surface area contributed by atoms with Gasteiger partial charge in [0, 0.05) is 43.9 Å². The van der Waals surface area contributed by atoms with E-state index in [-0.39, 0.29) is 24.6 Å². The minimum atomic E-state index is -0.342. The number of carbonyl (C=O) groups excluding carboxylic acids is 1. The lowest BCUT2D eigenvalue weighted by atomic mass is 10.0. The van der Waals surface area contributed by atoms with Crippen LogP contribution in [0.1, 0.15) is 35.8 Å². The maximum Gasteiger partial charge on any atom is 0.250 e. The molecule has 0 aliphatic carbocycles. The van der Waals surface area contributed by atoms with Crippen molar-refractivity contribution in [1.29, 1.82) is 0 Å². The number of unbranched alkanes of at least 4 members (excludes halogenated alkanes) is 1. The van der Waals surface area contributed by atoms with Gasteiger partial charge in [-0.3, -0.25) is 9.69 Å². The van der Waals surface area contributed by atoms with E-state index in [9.17, 15) is 9.18 Å². The molecule has 1 saturated heterocycles. The van der Waals surface area contributed by atoms with Crippen LogP contribution in [0.3, 0.4) is 0 Å². The Bertz CT molecular complexity index is 1050. The number of benzene rings is 2. The summed E-state index contributed by atoms with van der Waals surface area (Å²) in [5.74, 6) is 0.105. The molecule has 1 amide bonds. The van der Waals surface area contributed by atoms with Gasteiger partial charge in [0.1, 0.15) is 24.8 Å². The normalized spacial score (nSPS) is 20.6. The van der Waals surface area contributed by atoms with Crippen LogP contribution in [0.4, 0.5) is 4.39 Å². The molecule has 1 N–H and O–H groups in total. The van der Waals surface area contributed by atoms with Crippen molar-refractivity contribution in [3.63, 3.8) is 0 Å². The Morgan fingerprint density at radius 3 is 2.79 bits per heavy atom. The highest BCUT2D eigenvalue weighted by Crippen LogP contribution is 2.31. The van der Waals surface area contributed by atoms with Gasteiger partial charge in [-0.1, -0.05) is 24.3 Å². The summed E-state index contributed by atoms with van der Waals surface area (Å²) in [7, 11) is 0. The summed E-state index contributed by atoms with van der Waals surface area (Å²) in [5.41, 5.74) is 3.51. The van der Waals surface area contributed by atoms with Crippen LogP contribution < -0.4 is 10.1 Å². The second kappa shape index (κ2) is 10.7. The van der Waals surface area contributed by atoms with Gasteiger partial charge >= 0.3 is 0 Å². The highest BCUT2D eigenvalue weighted by atomic mass is 19.1. The summed E-state index contributed by atoms with van der Waals surface area (Å²) in [5, 5.41) is 2.96. The first-order valence-corrected chi connectivity index (χ1v) is 11.9. The van der Waals surface area contributed by atoms with Crippen molar-refractivity contribution in [2.45, 2.75) is 25.7 Å². The Morgan fingerprint density at radius 1 is 1.06 bits per heavy atom. The second-order valence-electron chi connectivity index (χ2n) is 8.89. The van der Waals surface area contributed by atoms with Crippen LogP contribution in [0.2, 0.25) is 0 Å². The average molecular weight is 468 g/mol. The molecule has 1 atom stereocenters. The predicted octanol–water partition coefficient (Wildman–Crippen LogP) is 3.28. The van der Waals surface area contributed by atoms with Gasteiger partial charge in [0.2, 0.25) is 0 Å². The van der Waals surface area contributed by atoms with Crippen molar-refractivity contribution in [3.8, 4) is 5.75 Å². The lowest BCUT2D eigenvalue weighted by molar-refractivity contribution is -0.374. The molecule has 0 spiro atoms. The third-order valence-electron chi connectivity index (χ3n) is 6.60. The van der Waals surface area contributed by atoms with Gasteiger partial charge in [0.05, 0.1) is 5.57 Å². The molecule has 7 nitrogen and oxygen atoms in total. The number of rotatable bonds is 7. The van der Waals surface area contributed by atoms with Gasteiger partial charge in [-0.05, 0) is 49.2 Å². The Hall–Kier alpha value is -2.78. The van der Waals surface area contributed by atoms with Crippen molar-refractivity contribution in [1.82, 2.24) is 15.1 Å². The summed E-state index contributed by atoms with van der Waals surface area (Å²) < 4.78 is 19.0. The number of ether oxygens (including phenoxy) is 1. The van der Waals surface area contributed by atoms with Gasteiger partial charge in [-0.2, -0.15) is 0 Å². The Morgan fingerprint density at radius 2 is 1.91 bits per heavy atom. The van der Waals surface area contributed by atoms with Crippen LogP contribution >= 0.6 is 0 Å². The molecule has 3 aliphatic rings. The molecule has 2 aromatic carbocycles. The number of amides is 1. The number of nitrogens with one attached hydrogen (secondary N) is 1. The number of nitrogens with zero attached hydrogens (tertiary/aromatic N) is 2. The Balaban J connectivity index is 1.01. The number of halogens is 1. The molecule has 0 radical (unpaired) electrons. The summed E-state index contributed by atoms with van der Waals surface area (Å²) >= 11 is 0. The molecule has 34 heavy (non-hydrogen) atoms. The van der Waals surface area contributed by atoms with Crippen molar-refractivity contribution >= 4 is 12.0 Å². The van der Waals surface area contributed by atoms with E-state index in [1.54, 1.807) is 12.1 Å². The minimum absolute atomic E-state index is 0.135. The van der Waals surface area contributed by atoms with Gasteiger partial charge < -0.3 is 15.0 Å². The summed E-state index contributed by atoms with van der Waals surface area (Å²) in [4.78, 5) is 28.2. The summed E-state index contributed by atoms with van der Waals surface area (Å²) in [6.45, 7) is 6.12. The maximum atomic E-state index is 13.4. The molecule has 3 heterocycles. The molecule has 2 aromatic rings. The van der Waals surface area contributed by atoms with Gasteiger partial charge in [-0.15, -0.1) is 0 Å². The molecular formula is C26H30FN3O4. The zero-order valence-electron chi connectivity index (χ0n) is 19.2. The van der Waals surface area contributed by atoms with Crippen LogP contribution in [0, 0.1) is 5.82 Å². The fourth-order valence-corrected chi connectivity index (χ4v) is 4.65. The molecule has 0 aromatic heterocycles. The predicted molar refractivity (Wildman–Crippen MR) is 125 cm³/mol. The van der Waals surface area contributed by atoms with E-state index in [1.807, 2.05) is 12.1 Å². The number of piperazine rings is 1. The van der Waals surface area contributed by atoms with Gasteiger partial charge in [-0.25, -0.2) is 14.2 Å². The standard InChI is InChI=1S/C26H30FN3O4/c27-22-7-8-24-20(16-22)15-21(17-32-24)25(31)28-9-3-4-10-29-11-13-30(14-12-29)26-23-6-2-1-5-19(23)18-33-34-26/h1-2,5-8,15-16,26H,3-4,9-14,17-18H2,(H,28,31). The van der Waals surface area contributed by atoms with Gasteiger partial charge in [0.15, 0.2) is 6.23 Å². The smallest absolute Gasteiger partial charge is 0.250 e. The third-order valence-corrected chi connectivity index (χ3v) is 6.60. The van der Waals surface area contributed by atoms with E-state index < -0.39 is 0 Å². The molecular weight excluding hydrogens is 437 g/mol. The molecule has 180 valence electrons. The highest BCUT2D eigenvalue weighted by molar-refractivity contribution is 5.99. The van der Waals surface area contributed by atoms with E-state index in [4.69, 9.17) is 14.5 Å². The van der Waals surface area contributed by atoms with Gasteiger partial charge in [0.25, 0.3) is 5.91 Å². The van der Waals surface area contributed by atoms with E-state index in [0.29, 0.717) is 30.0 Å². The van der Waals surface area contributed by atoms with Crippen LogP contribution in [-0.2, 0) is 21.2 Å². The fraction of sp³-hybridized carbons (Fsp3) is 0.423. The maximum absolute atomic E-state index is 13.4. The van der Waals surface area contributed by atoms with E-state index in [1.165, 1.54) is 23.3 Å². The van der Waals surface area contributed by atoms with Crippen LogP contribution in [0.15, 0.2) is 48.0 Å². The van der Waals surface area contributed by atoms with E-state index in [2.05, 4.69) is 27.2 Å². The number of carbonyl (C=O) groups is 1. The van der Waals surface area contributed by atoms with Crippen LogP contribution in [0.5, 0.6) is 5.75 Å². The largest absolute Gasteiger partial charge is 0.488 e. The lowest BCUT2D eigenvalue weighted by Crippen LogP contribution is -2.49. The summed E-state index contributed by atoms with van der Waals surface area (Å²) in [6.07, 6.45) is 3.48. The third kappa shape index (κ3) is 5.31. The van der Waals surface area contributed by atoms with Crippen molar-refractivity contribution in [2.75, 3.05) is 45.9 Å². The molecule has 0 saturated carbocycles. The van der Waals surface area contributed by atoms with Crippen molar-refractivity contribution in [2.24, 2.45) is 0 Å². The molecule has 1 fully saturated rings. The molecule has 5 rings (SSSR count). The average Bonchev–Trinajstić information content (AvgIpc) is 2.88. The van der Waals surface area contributed by atoms with Crippen LogP contribution in [0.25, 0.3) is 6.08 Å². The molecule has 0 bridgehead atoms. The second-order valence-corrected chi connectivity index (χ2v) is 8.89. The minimum Gasteiger partial charge on any atom is -0.488 e. The first-order valence-electron chi connectivity index (χ1n) is 11.9. The van der Waals surface area contributed by atoms with E-state index >= 15 is 0 Å². The zero-order chi connectivity index (χ0) is 23.3. The Kier molecular flexibility index (Phi) is 7.20. The first kappa shape index (κ1) is 23.0. The number of hydrogen-bond acceptors (Lipinski definition) is 6. The monoisotopic (exact) mass is 467 g/mol. The van der Waals surface area contributed by atoms with Crippen molar-refractivity contribution in [3.05, 3.63) is 70.5 Å². The van der Waals surface area contributed by atoms with Crippen LogP contribution in [-0.4, -0.2) is 61.6 Å². The quantitative estimate of drug-likeness (QED) is 0.498. The van der Waals surface area contributed by atoms with Crippen molar-refractivity contribution < 1.29 is 23.7 Å². The molecule has 3 aliphatic heterocycles. The first-order chi connectivity index (χ1) is 16.7. The lowest BCUT2D eigenvalue weighted by Gasteiger charge is -2.40. The number of hydrogen-bond donors (Lipinski definition) is 1. The SMILES string of the molecule is O=C(NCCCCN1CCN(C2OOCc3ccccc32)CC1)C1=Cc2cc(F)ccc2OC1. The Labute approximate surface area is 199 Å². The zero-order valence-corrected chi connectivity index (χ0v) is 19.2. The number of fused-ring (bicyclic) bond motifs is 2. The fourth-order valence-electron chi connectivity index (χ4n) is 4.65. The summed E-state index contributed by atoms with van der Waals surface area (Å²) in [6, 6.07) is 12.6. The van der Waals surface area contributed by atoms with E-state index in [0.717, 1.165) is 45.6 Å². The molecule has 1 unspecified atom stereocenters.